The lowest BCUT2D eigenvalue weighted by atomic mass is 10.0. The Labute approximate surface area is 230 Å². The van der Waals surface area contributed by atoms with E-state index in [1.807, 2.05) is 54.6 Å². The van der Waals surface area contributed by atoms with Crippen LogP contribution in [0.1, 0.15) is 22.3 Å². The highest BCUT2D eigenvalue weighted by Crippen LogP contribution is 2.34. The number of aliphatic hydroxyl groups is 1. The zero-order valence-electron chi connectivity index (χ0n) is 20.3. The van der Waals surface area contributed by atoms with Crippen molar-refractivity contribution in [2.75, 3.05) is 6.61 Å². The largest absolute Gasteiger partial charge is 0.480 e. The van der Waals surface area contributed by atoms with Crippen LogP contribution in [0, 0.1) is 0 Å². The number of aliphatic carboxylic acids is 1. The SMILES string of the molecule is O=C(O)[C@H](CO)NCc1cccc(O[C@@H](Cl)c2cccnc2OCc2cccc(-c3ccccc3)c2Cl)c1. The van der Waals surface area contributed by atoms with Crippen LogP contribution in [0.3, 0.4) is 0 Å². The van der Waals surface area contributed by atoms with E-state index in [4.69, 9.17) is 37.8 Å². The molecule has 3 aromatic carbocycles. The van der Waals surface area contributed by atoms with Crippen LogP contribution in [-0.4, -0.2) is 33.8 Å². The number of halogens is 2. The molecule has 4 rings (SSSR count). The van der Waals surface area contributed by atoms with Crippen LogP contribution in [0.5, 0.6) is 11.6 Å². The van der Waals surface area contributed by atoms with Crippen molar-refractivity contribution in [3.8, 4) is 22.8 Å². The van der Waals surface area contributed by atoms with Gasteiger partial charge in [0.25, 0.3) is 0 Å². The molecule has 0 aliphatic carbocycles. The van der Waals surface area contributed by atoms with E-state index in [1.165, 1.54) is 0 Å². The van der Waals surface area contributed by atoms with Crippen LogP contribution in [0.4, 0.5) is 0 Å². The maximum Gasteiger partial charge on any atom is 0.323 e. The summed E-state index contributed by atoms with van der Waals surface area (Å²) in [4.78, 5) is 15.4. The molecule has 0 fully saturated rings. The molecule has 0 spiro atoms. The molecule has 1 aromatic heterocycles. The molecule has 0 amide bonds. The van der Waals surface area contributed by atoms with Crippen molar-refractivity contribution in [3.63, 3.8) is 0 Å². The molecule has 0 bridgehead atoms. The Morgan fingerprint density at radius 1 is 1.00 bits per heavy atom. The monoisotopic (exact) mass is 552 g/mol. The summed E-state index contributed by atoms with van der Waals surface area (Å²) in [6.07, 6.45) is 1.61. The number of rotatable bonds is 12. The lowest BCUT2D eigenvalue weighted by molar-refractivity contribution is -0.140. The van der Waals surface area contributed by atoms with Gasteiger partial charge in [0.2, 0.25) is 11.4 Å². The number of carboxylic acids is 1. The summed E-state index contributed by atoms with van der Waals surface area (Å²) in [5, 5.41) is 21.7. The molecule has 196 valence electrons. The molecule has 0 unspecified atom stereocenters. The van der Waals surface area contributed by atoms with Gasteiger partial charge in [-0.25, -0.2) is 4.98 Å². The molecule has 0 saturated heterocycles. The Hall–Kier alpha value is -3.62. The Kier molecular flexibility index (Phi) is 9.56. The predicted molar refractivity (Wildman–Crippen MR) is 146 cm³/mol. The number of carboxylic acid groups (broad SMARTS) is 1. The molecular formula is C29H26Cl2N2O5. The fourth-order valence-electron chi connectivity index (χ4n) is 3.76. The molecule has 2 atom stereocenters. The molecule has 0 saturated carbocycles. The molecule has 7 nitrogen and oxygen atoms in total. The Balaban J connectivity index is 1.44. The molecule has 1 heterocycles. The van der Waals surface area contributed by atoms with E-state index in [2.05, 4.69) is 10.3 Å². The van der Waals surface area contributed by atoms with Crippen LogP contribution in [0.15, 0.2) is 91.1 Å². The highest BCUT2D eigenvalue weighted by atomic mass is 35.5. The van der Waals surface area contributed by atoms with E-state index in [9.17, 15) is 9.90 Å². The van der Waals surface area contributed by atoms with E-state index in [-0.39, 0.29) is 13.2 Å². The average Bonchev–Trinajstić information content (AvgIpc) is 2.93. The lowest BCUT2D eigenvalue weighted by Gasteiger charge is -2.17. The maximum atomic E-state index is 11.1. The van der Waals surface area contributed by atoms with Gasteiger partial charge in [-0.15, -0.1) is 0 Å². The van der Waals surface area contributed by atoms with Crippen molar-refractivity contribution >= 4 is 29.2 Å². The number of alkyl halides is 1. The normalized spacial score (nSPS) is 12.5. The minimum Gasteiger partial charge on any atom is -0.480 e. The van der Waals surface area contributed by atoms with Gasteiger partial charge in [0.15, 0.2) is 0 Å². The number of hydrogen-bond donors (Lipinski definition) is 3. The minimum absolute atomic E-state index is 0.184. The second-order valence-corrected chi connectivity index (χ2v) is 9.14. The van der Waals surface area contributed by atoms with Crippen LogP contribution in [-0.2, 0) is 17.9 Å². The quantitative estimate of drug-likeness (QED) is 0.190. The highest BCUT2D eigenvalue weighted by Gasteiger charge is 2.19. The molecule has 4 aromatic rings. The number of nitrogens with one attached hydrogen (secondary N) is 1. The Morgan fingerprint density at radius 3 is 2.55 bits per heavy atom. The van der Waals surface area contributed by atoms with Gasteiger partial charge in [-0.05, 0) is 35.4 Å². The maximum absolute atomic E-state index is 11.1. The summed E-state index contributed by atoms with van der Waals surface area (Å²) in [6, 6.07) is 25.2. The third-order valence-electron chi connectivity index (χ3n) is 5.74. The van der Waals surface area contributed by atoms with Crippen LogP contribution in [0.2, 0.25) is 5.02 Å². The van der Waals surface area contributed by atoms with Crippen molar-refractivity contribution in [2.24, 2.45) is 0 Å². The second-order valence-electron chi connectivity index (χ2n) is 8.37. The standard InChI is InChI=1S/C29H26Cl2N2O5/c30-26-21(10-5-12-23(26)20-8-2-1-3-9-20)18-37-28-24(13-6-14-32-28)27(31)38-22-11-4-7-19(15-22)16-33-25(17-34)29(35)36/h1-15,25,27,33-34H,16-18H2,(H,35,36)/t25-,27+/m0/s1. The van der Waals surface area contributed by atoms with E-state index in [0.29, 0.717) is 22.2 Å². The minimum atomic E-state index is -1.13. The molecule has 3 N–H and O–H groups in total. The topological polar surface area (TPSA) is 101 Å². The summed E-state index contributed by atoms with van der Waals surface area (Å²) in [7, 11) is 0. The van der Waals surface area contributed by atoms with Crippen molar-refractivity contribution in [2.45, 2.75) is 24.8 Å². The molecule has 9 heteroatoms. The molecule has 38 heavy (non-hydrogen) atoms. The number of hydrogen-bond acceptors (Lipinski definition) is 6. The molecule has 0 radical (unpaired) electrons. The first-order chi connectivity index (χ1) is 18.5. The summed E-state index contributed by atoms with van der Waals surface area (Å²) in [5.41, 5.74) is 3.13. The van der Waals surface area contributed by atoms with Crippen LogP contribution >= 0.6 is 23.2 Å². The summed E-state index contributed by atoms with van der Waals surface area (Å²) >= 11 is 13.3. The lowest BCUT2D eigenvalue weighted by Crippen LogP contribution is -2.39. The van der Waals surface area contributed by atoms with Gasteiger partial charge in [0.05, 0.1) is 17.2 Å². The van der Waals surface area contributed by atoms with Gasteiger partial charge in [0, 0.05) is 23.9 Å². The Bertz CT molecular complexity index is 1370. The number of nitrogens with zero attached hydrogens (tertiary/aromatic N) is 1. The van der Waals surface area contributed by atoms with Crippen molar-refractivity contribution in [3.05, 3.63) is 113 Å². The van der Waals surface area contributed by atoms with Crippen LogP contribution in [0.25, 0.3) is 11.1 Å². The molecular weight excluding hydrogens is 527 g/mol. The number of aromatic nitrogens is 1. The zero-order chi connectivity index (χ0) is 26.9. The fraction of sp³-hybridized carbons (Fsp3) is 0.172. The van der Waals surface area contributed by atoms with E-state index in [1.54, 1.807) is 36.5 Å². The Morgan fingerprint density at radius 2 is 1.79 bits per heavy atom. The van der Waals surface area contributed by atoms with Crippen molar-refractivity contribution in [1.82, 2.24) is 10.3 Å². The smallest absolute Gasteiger partial charge is 0.323 e. The third kappa shape index (κ3) is 7.02. The first-order valence-electron chi connectivity index (χ1n) is 11.8. The summed E-state index contributed by atoms with van der Waals surface area (Å²) in [6.45, 7) is -0.101. The van der Waals surface area contributed by atoms with Crippen molar-refractivity contribution in [1.29, 1.82) is 0 Å². The number of ether oxygens (including phenoxy) is 2. The van der Waals surface area contributed by atoms with Gasteiger partial charge in [0.1, 0.15) is 18.4 Å². The van der Waals surface area contributed by atoms with Crippen molar-refractivity contribution < 1.29 is 24.5 Å². The average molecular weight is 553 g/mol. The third-order valence-corrected chi connectivity index (χ3v) is 6.51. The predicted octanol–water partition coefficient (Wildman–Crippen LogP) is 5.83. The molecule has 0 aliphatic rings. The highest BCUT2D eigenvalue weighted by molar-refractivity contribution is 6.34. The number of aliphatic hydroxyl groups excluding tert-OH is 1. The van der Waals surface area contributed by atoms with E-state index >= 15 is 0 Å². The van der Waals surface area contributed by atoms with E-state index < -0.39 is 24.2 Å². The summed E-state index contributed by atoms with van der Waals surface area (Å²) in [5.74, 6) is -0.328. The number of benzene rings is 3. The fourth-order valence-corrected chi connectivity index (χ4v) is 4.32. The van der Waals surface area contributed by atoms with Gasteiger partial charge in [-0.3, -0.25) is 10.1 Å². The number of carbonyl (C=O) groups is 1. The number of pyridine rings is 1. The van der Waals surface area contributed by atoms with Gasteiger partial charge in [-0.2, -0.15) is 0 Å². The zero-order valence-corrected chi connectivity index (χ0v) is 21.8. The van der Waals surface area contributed by atoms with Gasteiger partial charge in [-0.1, -0.05) is 83.9 Å². The van der Waals surface area contributed by atoms with Gasteiger partial charge >= 0.3 is 5.97 Å². The van der Waals surface area contributed by atoms with Crippen LogP contribution < -0.4 is 14.8 Å². The first-order valence-corrected chi connectivity index (χ1v) is 12.6. The second kappa shape index (κ2) is 13.3. The van der Waals surface area contributed by atoms with E-state index in [0.717, 1.165) is 22.3 Å². The summed E-state index contributed by atoms with van der Waals surface area (Å²) < 4.78 is 12.0. The van der Waals surface area contributed by atoms with Gasteiger partial charge < -0.3 is 19.7 Å². The first kappa shape index (κ1) is 27.4. The molecule has 0 aliphatic heterocycles.